The van der Waals surface area contributed by atoms with Gasteiger partial charge in [-0.3, -0.25) is 15.2 Å². The zero-order chi connectivity index (χ0) is 13.8. The van der Waals surface area contributed by atoms with Gasteiger partial charge in [-0.25, -0.2) is 4.98 Å². The molecule has 0 spiro atoms. The van der Waals surface area contributed by atoms with E-state index in [4.69, 9.17) is 5.26 Å². The fraction of sp³-hybridized carbons (Fsp3) is 0.0833. The summed E-state index contributed by atoms with van der Waals surface area (Å²) < 4.78 is 0. The largest absolute Gasteiger partial charge is 0.276 e. The summed E-state index contributed by atoms with van der Waals surface area (Å²) in [5.41, 5.74) is 0.438. The van der Waals surface area contributed by atoms with Gasteiger partial charge < -0.3 is 0 Å². The Balaban J connectivity index is 2.50. The van der Waals surface area contributed by atoms with Crippen molar-refractivity contribution in [3.05, 3.63) is 51.6 Å². The second-order valence-electron chi connectivity index (χ2n) is 3.73. The maximum absolute atomic E-state index is 10.9. The predicted molar refractivity (Wildman–Crippen MR) is 67.7 cm³/mol. The lowest BCUT2D eigenvalue weighted by molar-refractivity contribution is -0.385. The first-order valence-corrected chi connectivity index (χ1v) is 5.36. The van der Waals surface area contributed by atoms with E-state index < -0.39 is 4.92 Å². The van der Waals surface area contributed by atoms with Crippen LogP contribution in [0.2, 0.25) is 0 Å². The minimum Gasteiger partial charge on any atom is -0.263 e. The third-order valence-electron chi connectivity index (χ3n) is 2.39. The average molecular weight is 255 g/mol. The Kier molecular flexibility index (Phi) is 3.34. The highest BCUT2D eigenvalue weighted by Crippen LogP contribution is 2.22. The van der Waals surface area contributed by atoms with Crippen LogP contribution in [0.5, 0.6) is 0 Å². The van der Waals surface area contributed by atoms with Crippen molar-refractivity contribution in [2.24, 2.45) is 0 Å². The second kappa shape index (κ2) is 5.10. The maximum atomic E-state index is 10.9. The SMILES string of the molecule is Cc1nc(C(C#N)=Cc2ccccc2[N+](=O)[O-])n[nH]1. The smallest absolute Gasteiger partial charge is 0.263 e. The minimum atomic E-state index is -0.496. The van der Waals surface area contributed by atoms with Crippen molar-refractivity contribution in [3.8, 4) is 6.07 Å². The molecule has 7 heteroatoms. The van der Waals surface area contributed by atoms with Crippen LogP contribution in [0.25, 0.3) is 11.6 Å². The van der Waals surface area contributed by atoms with Crippen LogP contribution in [0.3, 0.4) is 0 Å². The number of aromatic nitrogens is 3. The number of nitro groups is 1. The van der Waals surface area contributed by atoms with Crippen molar-refractivity contribution in [2.75, 3.05) is 0 Å². The van der Waals surface area contributed by atoms with Gasteiger partial charge in [-0.1, -0.05) is 12.1 Å². The summed E-state index contributed by atoms with van der Waals surface area (Å²) in [6.07, 6.45) is 1.40. The number of rotatable bonds is 3. The molecule has 0 bridgehead atoms. The van der Waals surface area contributed by atoms with Crippen molar-refractivity contribution in [3.63, 3.8) is 0 Å². The molecule has 19 heavy (non-hydrogen) atoms. The van der Waals surface area contributed by atoms with Gasteiger partial charge in [0.05, 0.1) is 16.1 Å². The van der Waals surface area contributed by atoms with E-state index in [1.165, 1.54) is 12.1 Å². The van der Waals surface area contributed by atoms with Crippen molar-refractivity contribution in [2.45, 2.75) is 6.92 Å². The van der Waals surface area contributed by atoms with Gasteiger partial charge >= 0.3 is 0 Å². The Morgan fingerprint density at radius 1 is 1.53 bits per heavy atom. The summed E-state index contributed by atoms with van der Waals surface area (Å²) in [5, 5.41) is 26.5. The average Bonchev–Trinajstić information content (AvgIpc) is 2.82. The third-order valence-corrected chi connectivity index (χ3v) is 2.39. The van der Waals surface area contributed by atoms with Crippen LogP contribution in [0.1, 0.15) is 17.2 Å². The molecule has 0 atom stereocenters. The lowest BCUT2D eigenvalue weighted by atomic mass is 10.1. The van der Waals surface area contributed by atoms with Gasteiger partial charge in [-0.05, 0) is 19.1 Å². The van der Waals surface area contributed by atoms with Crippen LogP contribution in [-0.4, -0.2) is 20.1 Å². The monoisotopic (exact) mass is 255 g/mol. The molecule has 94 valence electrons. The zero-order valence-electron chi connectivity index (χ0n) is 9.99. The molecule has 0 unspecified atom stereocenters. The number of nitriles is 1. The lowest BCUT2D eigenvalue weighted by Crippen LogP contribution is -1.92. The molecule has 0 amide bonds. The number of allylic oxidation sites excluding steroid dienone is 1. The van der Waals surface area contributed by atoms with Crippen LogP contribution in [-0.2, 0) is 0 Å². The summed E-state index contributed by atoms with van der Waals surface area (Å²) in [6, 6.07) is 8.11. The Bertz CT molecular complexity index is 696. The molecule has 0 aliphatic carbocycles. The van der Waals surface area contributed by atoms with Crippen molar-refractivity contribution in [1.29, 1.82) is 5.26 Å². The molecule has 1 N–H and O–H groups in total. The summed E-state index contributed by atoms with van der Waals surface area (Å²) in [7, 11) is 0. The Hall–Kier alpha value is -3.01. The zero-order valence-corrected chi connectivity index (χ0v) is 9.99. The van der Waals surface area contributed by atoms with Gasteiger partial charge in [0.25, 0.3) is 5.69 Å². The first kappa shape index (κ1) is 12.4. The quantitative estimate of drug-likeness (QED) is 0.513. The molecule has 1 aromatic heterocycles. The molecule has 0 radical (unpaired) electrons. The number of aromatic amines is 1. The van der Waals surface area contributed by atoms with Crippen LogP contribution in [0, 0.1) is 28.4 Å². The van der Waals surface area contributed by atoms with Crippen LogP contribution in [0.15, 0.2) is 24.3 Å². The van der Waals surface area contributed by atoms with E-state index in [9.17, 15) is 10.1 Å². The Morgan fingerprint density at radius 2 is 2.26 bits per heavy atom. The first-order valence-electron chi connectivity index (χ1n) is 5.36. The molecule has 0 saturated carbocycles. The van der Waals surface area contributed by atoms with Gasteiger partial charge in [0.2, 0.25) is 0 Å². The van der Waals surface area contributed by atoms with Crippen molar-refractivity contribution in [1.82, 2.24) is 15.2 Å². The summed E-state index contributed by atoms with van der Waals surface area (Å²) in [4.78, 5) is 14.4. The molecule has 2 rings (SSSR count). The molecule has 1 aromatic carbocycles. The van der Waals surface area contributed by atoms with E-state index in [-0.39, 0.29) is 17.1 Å². The molecule has 7 nitrogen and oxygen atoms in total. The molecule has 0 fully saturated rings. The first-order chi connectivity index (χ1) is 9.11. The van der Waals surface area contributed by atoms with E-state index in [0.29, 0.717) is 11.4 Å². The molecule has 2 aromatic rings. The fourth-order valence-electron chi connectivity index (χ4n) is 1.54. The van der Waals surface area contributed by atoms with E-state index in [0.717, 1.165) is 0 Å². The fourth-order valence-corrected chi connectivity index (χ4v) is 1.54. The predicted octanol–water partition coefficient (Wildman–Crippen LogP) is 2.09. The number of hydrogen-bond acceptors (Lipinski definition) is 5. The normalized spacial score (nSPS) is 11.1. The highest BCUT2D eigenvalue weighted by molar-refractivity contribution is 5.88. The van der Waals surface area contributed by atoms with Gasteiger partial charge in [-0.15, -0.1) is 0 Å². The maximum Gasteiger partial charge on any atom is 0.276 e. The van der Waals surface area contributed by atoms with E-state index >= 15 is 0 Å². The lowest BCUT2D eigenvalue weighted by Gasteiger charge is -1.97. The Morgan fingerprint density at radius 3 is 2.84 bits per heavy atom. The standard InChI is InChI=1S/C12H9N5O2/c1-8-14-12(16-15-8)10(7-13)6-9-4-2-3-5-11(9)17(18)19/h2-6H,1H3,(H,14,15,16). The number of benzene rings is 1. The number of para-hydroxylation sites is 1. The molecule has 1 heterocycles. The van der Waals surface area contributed by atoms with E-state index in [2.05, 4.69) is 15.2 Å². The highest BCUT2D eigenvalue weighted by atomic mass is 16.6. The molecular weight excluding hydrogens is 246 g/mol. The molecule has 0 aliphatic rings. The molecule has 0 saturated heterocycles. The van der Waals surface area contributed by atoms with Crippen molar-refractivity contribution < 1.29 is 4.92 Å². The number of aryl methyl sites for hydroxylation is 1. The topological polar surface area (TPSA) is 108 Å². The third kappa shape index (κ3) is 2.63. The van der Waals surface area contributed by atoms with Crippen LogP contribution < -0.4 is 0 Å². The van der Waals surface area contributed by atoms with Gasteiger partial charge in [-0.2, -0.15) is 10.4 Å². The number of nitrogens with zero attached hydrogens (tertiary/aromatic N) is 4. The van der Waals surface area contributed by atoms with Gasteiger partial charge in [0.1, 0.15) is 11.9 Å². The van der Waals surface area contributed by atoms with Crippen LogP contribution >= 0.6 is 0 Å². The van der Waals surface area contributed by atoms with Crippen molar-refractivity contribution >= 4 is 17.3 Å². The minimum absolute atomic E-state index is 0.0671. The summed E-state index contributed by atoms with van der Waals surface area (Å²) in [5.74, 6) is 0.789. The summed E-state index contributed by atoms with van der Waals surface area (Å²) >= 11 is 0. The van der Waals surface area contributed by atoms with E-state index in [1.807, 2.05) is 6.07 Å². The van der Waals surface area contributed by atoms with Gasteiger partial charge in [0, 0.05) is 6.07 Å². The number of H-pyrrole nitrogens is 1. The summed E-state index contributed by atoms with van der Waals surface area (Å²) in [6.45, 7) is 1.70. The van der Waals surface area contributed by atoms with E-state index in [1.54, 1.807) is 25.1 Å². The molecular formula is C12H9N5O2. The van der Waals surface area contributed by atoms with Gasteiger partial charge in [0.15, 0.2) is 5.82 Å². The number of nitrogens with one attached hydrogen (secondary N) is 1. The number of nitro benzene ring substituents is 1. The second-order valence-corrected chi connectivity index (χ2v) is 3.73. The molecule has 0 aliphatic heterocycles. The number of hydrogen-bond donors (Lipinski definition) is 1. The Labute approximate surface area is 108 Å². The van der Waals surface area contributed by atoms with Crippen LogP contribution in [0.4, 0.5) is 5.69 Å². The highest BCUT2D eigenvalue weighted by Gasteiger charge is 2.13.